The third-order valence-electron chi connectivity index (χ3n) is 6.08. The molecule has 0 amide bonds. The molecule has 0 aromatic carbocycles. The molecule has 6 nitrogen and oxygen atoms in total. The number of nitrogens with zero attached hydrogens (tertiary/aromatic N) is 1. The van der Waals surface area contributed by atoms with Crippen LogP contribution >= 0.6 is 0 Å². The molecule has 0 unspecified atom stereocenters. The van der Waals surface area contributed by atoms with Crippen molar-refractivity contribution in [3.8, 4) is 0 Å². The van der Waals surface area contributed by atoms with Gasteiger partial charge in [0.05, 0.1) is 9.49 Å². The van der Waals surface area contributed by atoms with Gasteiger partial charge in [0.25, 0.3) is 0 Å². The van der Waals surface area contributed by atoms with Gasteiger partial charge in [-0.1, -0.05) is 12.8 Å². The average molecular weight is 512 g/mol. The first-order chi connectivity index (χ1) is 15.6. The standard InChI is InChI=1S/C26H41NO5S2/c1-25(2,3)33(29,30)23-15-11-13-21(23)19-27(17-9-7-8-10-18-28)20-22-14-12-16-24(22)34(31,32)26(4,5)6/h11-16,28H,7-10,17-20H2,1-6H3. The molecule has 2 rings (SSSR count). The first-order valence-electron chi connectivity index (χ1n) is 11.9. The van der Waals surface area contributed by atoms with Gasteiger partial charge < -0.3 is 10.0 Å². The normalized spacial score (nSPS) is 20.7. The number of hydrogen-bond acceptors (Lipinski definition) is 6. The molecule has 1 N–H and O–H groups in total. The van der Waals surface area contributed by atoms with Crippen molar-refractivity contribution in [2.24, 2.45) is 0 Å². The molecule has 0 aliphatic heterocycles. The van der Waals surface area contributed by atoms with Gasteiger partial charge in [0, 0.05) is 31.5 Å². The predicted octanol–water partition coefficient (Wildman–Crippen LogP) is 3.73. The Bertz CT molecular complexity index is 775. The lowest BCUT2D eigenvalue weighted by Gasteiger charge is -2.34. The molecule has 34 heavy (non-hydrogen) atoms. The van der Waals surface area contributed by atoms with Crippen LogP contribution in [0.4, 0.5) is 0 Å². The van der Waals surface area contributed by atoms with Crippen molar-refractivity contribution < 1.29 is 21.9 Å². The van der Waals surface area contributed by atoms with Gasteiger partial charge in [-0.05, 0) is 99.5 Å². The summed E-state index contributed by atoms with van der Waals surface area (Å²) in [4.78, 5) is 2.13. The van der Waals surface area contributed by atoms with Crippen molar-refractivity contribution in [1.29, 1.82) is 0 Å². The zero-order valence-electron chi connectivity index (χ0n) is 21.5. The molecular formula is C26H41NO5S2. The van der Waals surface area contributed by atoms with Crippen molar-refractivity contribution in [3.05, 3.63) is 60.9 Å². The first-order valence-corrected chi connectivity index (χ1v) is 14.9. The van der Waals surface area contributed by atoms with Crippen LogP contribution in [0.3, 0.4) is 0 Å². The second kappa shape index (κ2) is 11.9. The molecule has 0 heterocycles. The van der Waals surface area contributed by atoms with E-state index < -0.39 is 29.2 Å². The Morgan fingerprint density at radius 1 is 0.676 bits per heavy atom. The fourth-order valence-electron chi connectivity index (χ4n) is 3.82. The maximum atomic E-state index is 13.1. The molecule has 192 valence electrons. The number of unbranched alkanes of at least 4 members (excludes halogenated alkanes) is 3. The minimum Gasteiger partial charge on any atom is -0.396 e. The highest BCUT2D eigenvalue weighted by atomic mass is 32.2. The molecule has 0 aromatic rings. The predicted molar refractivity (Wildman–Crippen MR) is 138 cm³/mol. The minimum absolute atomic E-state index is 0.173. The first kappa shape index (κ1) is 30.0. The highest BCUT2D eigenvalue weighted by Gasteiger charge is 2.48. The molecule has 2 fully saturated rings. The second-order valence-corrected chi connectivity index (χ2v) is 16.3. The summed E-state index contributed by atoms with van der Waals surface area (Å²) in [6, 6.07) is 0. The highest BCUT2D eigenvalue weighted by Crippen LogP contribution is 2.45. The molecular weight excluding hydrogens is 470 g/mol. The summed E-state index contributed by atoms with van der Waals surface area (Å²) >= 11 is 0. The van der Waals surface area contributed by atoms with Crippen LogP contribution in [0.1, 0.15) is 67.2 Å². The van der Waals surface area contributed by atoms with Crippen LogP contribution in [0.15, 0.2) is 0 Å². The van der Waals surface area contributed by atoms with Crippen LogP contribution < -0.4 is 0 Å². The summed E-state index contributed by atoms with van der Waals surface area (Å²) in [5.74, 6) is 1.47. The van der Waals surface area contributed by atoms with E-state index in [1.807, 2.05) is 12.8 Å². The molecule has 0 aromatic heterocycles. The Balaban J connectivity index is 2.18. The molecule has 2 aliphatic rings. The van der Waals surface area contributed by atoms with E-state index in [0.29, 0.717) is 30.1 Å². The van der Waals surface area contributed by atoms with Gasteiger partial charge in [0.1, 0.15) is 10.5 Å². The van der Waals surface area contributed by atoms with E-state index in [1.54, 1.807) is 67.2 Å². The lowest BCUT2D eigenvalue weighted by molar-refractivity contribution is 0.272. The topological polar surface area (TPSA) is 91.8 Å². The Labute approximate surface area is 210 Å². The Kier molecular flexibility index (Phi) is 10.5. The van der Waals surface area contributed by atoms with Crippen LogP contribution in [-0.2, 0) is 19.7 Å². The fraction of sp³-hybridized carbons (Fsp3) is 0.615. The maximum absolute atomic E-state index is 13.1. The summed E-state index contributed by atoms with van der Waals surface area (Å²) in [6.07, 6.45) is 14.0. The van der Waals surface area contributed by atoms with Crippen molar-refractivity contribution in [1.82, 2.24) is 4.90 Å². The Morgan fingerprint density at radius 3 is 1.47 bits per heavy atom. The minimum atomic E-state index is -3.51. The Morgan fingerprint density at radius 2 is 1.09 bits per heavy atom. The summed E-state index contributed by atoms with van der Waals surface area (Å²) in [7, 11) is -7.01. The molecule has 10 radical (unpaired) electrons. The molecule has 0 saturated heterocycles. The van der Waals surface area contributed by atoms with Gasteiger partial charge in [0.2, 0.25) is 0 Å². The van der Waals surface area contributed by atoms with Gasteiger partial charge in [-0.3, -0.25) is 0 Å². The zero-order valence-corrected chi connectivity index (χ0v) is 23.1. The van der Waals surface area contributed by atoms with E-state index in [0.717, 1.165) is 37.5 Å². The molecule has 0 bridgehead atoms. The number of aliphatic hydroxyl groups excluding tert-OH is 1. The van der Waals surface area contributed by atoms with E-state index in [1.165, 1.54) is 0 Å². The van der Waals surface area contributed by atoms with Crippen LogP contribution in [-0.4, -0.2) is 62.6 Å². The zero-order chi connectivity index (χ0) is 25.8. The van der Waals surface area contributed by atoms with Crippen LogP contribution in [0, 0.1) is 60.9 Å². The van der Waals surface area contributed by atoms with Gasteiger partial charge in [-0.15, -0.1) is 0 Å². The monoisotopic (exact) mass is 511 g/mol. The van der Waals surface area contributed by atoms with E-state index in [-0.39, 0.29) is 6.61 Å². The SMILES string of the molecule is CC(C)(C)S(=O)(=O)[C]1[CH][CH][CH][C]1CN(CCCCCCO)C[C]1[CH][CH][CH][C]1S(=O)(=O)C(C)(C)C. The van der Waals surface area contributed by atoms with Gasteiger partial charge in [-0.2, -0.15) is 0 Å². The third kappa shape index (κ3) is 7.19. The number of sulfone groups is 2. The van der Waals surface area contributed by atoms with Gasteiger partial charge in [0.15, 0.2) is 19.7 Å². The number of rotatable bonds is 12. The van der Waals surface area contributed by atoms with E-state index in [9.17, 15) is 16.8 Å². The molecule has 0 atom stereocenters. The van der Waals surface area contributed by atoms with Crippen molar-refractivity contribution in [2.45, 2.75) is 76.7 Å². The molecule has 2 saturated carbocycles. The fourth-order valence-corrected chi connectivity index (χ4v) is 6.61. The van der Waals surface area contributed by atoms with Crippen molar-refractivity contribution in [2.75, 3.05) is 26.2 Å². The summed E-state index contributed by atoms with van der Waals surface area (Å²) in [5.41, 5.74) is 0. The van der Waals surface area contributed by atoms with E-state index in [2.05, 4.69) is 4.90 Å². The molecule has 0 spiro atoms. The highest BCUT2D eigenvalue weighted by molar-refractivity contribution is 7.96. The number of aliphatic hydroxyl groups is 1. The number of hydrogen-bond donors (Lipinski definition) is 1. The maximum Gasteiger partial charge on any atom is 0.163 e. The molecule has 2 aliphatic carbocycles. The Hall–Kier alpha value is -0.180. The largest absolute Gasteiger partial charge is 0.396 e. The third-order valence-corrected chi connectivity index (χ3v) is 11.3. The summed E-state index contributed by atoms with van der Waals surface area (Å²) in [6.45, 7) is 11.9. The second-order valence-electron chi connectivity index (χ2n) is 10.9. The van der Waals surface area contributed by atoms with Crippen LogP contribution in [0.2, 0.25) is 0 Å². The van der Waals surface area contributed by atoms with Crippen LogP contribution in [0.5, 0.6) is 0 Å². The van der Waals surface area contributed by atoms with Crippen molar-refractivity contribution in [3.63, 3.8) is 0 Å². The lowest BCUT2D eigenvalue weighted by atomic mass is 10.0. The smallest absolute Gasteiger partial charge is 0.163 e. The van der Waals surface area contributed by atoms with Crippen molar-refractivity contribution >= 4 is 19.7 Å². The quantitative estimate of drug-likeness (QED) is 0.402. The van der Waals surface area contributed by atoms with E-state index >= 15 is 0 Å². The summed E-state index contributed by atoms with van der Waals surface area (Å²) < 4.78 is 50.7. The van der Waals surface area contributed by atoms with Gasteiger partial charge in [-0.25, -0.2) is 16.8 Å². The summed E-state index contributed by atoms with van der Waals surface area (Å²) in [5, 5.41) is 9.72. The molecule has 8 heteroatoms. The van der Waals surface area contributed by atoms with Crippen LogP contribution in [0.25, 0.3) is 0 Å². The van der Waals surface area contributed by atoms with Gasteiger partial charge >= 0.3 is 0 Å². The van der Waals surface area contributed by atoms with E-state index in [4.69, 9.17) is 5.11 Å². The average Bonchev–Trinajstić information content (AvgIpc) is 3.36. The lowest BCUT2D eigenvalue weighted by Crippen LogP contribution is -2.41.